The quantitative estimate of drug-likeness (QED) is 0.550. The zero-order chi connectivity index (χ0) is 5.91. The lowest BCUT2D eigenvalue weighted by Gasteiger charge is -2.14. The first-order chi connectivity index (χ1) is 3.06. The summed E-state index contributed by atoms with van der Waals surface area (Å²) >= 11 is 0. The molecule has 0 aromatic heterocycles. The van der Waals surface area contributed by atoms with Crippen molar-refractivity contribution in [2.75, 3.05) is 6.61 Å². The molecule has 2 nitrogen and oxygen atoms in total. The Balaban J connectivity index is 0. The summed E-state index contributed by atoms with van der Waals surface area (Å²) in [5.74, 6) is 0. The molecule has 0 bridgehead atoms. The van der Waals surface area contributed by atoms with E-state index in [2.05, 4.69) is 20.8 Å². The minimum atomic E-state index is 0. The van der Waals surface area contributed by atoms with E-state index in [9.17, 15) is 0 Å². The van der Waals surface area contributed by atoms with Gasteiger partial charge in [0.25, 0.3) is 0 Å². The van der Waals surface area contributed by atoms with Gasteiger partial charge < -0.3 is 11.3 Å². The zero-order valence-corrected chi connectivity index (χ0v) is 6.07. The van der Waals surface area contributed by atoms with Crippen molar-refractivity contribution in [2.45, 2.75) is 27.2 Å². The lowest BCUT2D eigenvalue weighted by Crippen LogP contribution is -2.06. The topological polar surface area (TPSA) is 55.2 Å². The van der Waals surface area contributed by atoms with Crippen molar-refractivity contribution in [3.05, 3.63) is 0 Å². The minimum absolute atomic E-state index is 0. The Morgan fingerprint density at radius 1 is 1.25 bits per heavy atom. The smallest absolute Gasteiger partial charge is 0.0436 e. The number of hydrogen-bond acceptors (Lipinski definition) is 2. The van der Waals surface area contributed by atoms with Crippen LogP contribution in [0.15, 0.2) is 0 Å². The van der Waals surface area contributed by atoms with Crippen LogP contribution in [-0.2, 0) is 0 Å². The Bertz CT molecular complexity index is 47.0. The summed E-state index contributed by atoms with van der Waals surface area (Å²) in [6, 6.07) is 0. The molecule has 0 unspecified atom stereocenters. The van der Waals surface area contributed by atoms with Crippen molar-refractivity contribution in [3.8, 4) is 0 Å². The van der Waals surface area contributed by atoms with Gasteiger partial charge in [-0.05, 0) is 11.8 Å². The standard InChI is InChI=1S/C6H14O.H3N/c1-6(2,3)4-5-7;/h7H,4-5H2,1-3H3;1H3. The lowest BCUT2D eigenvalue weighted by atomic mass is 9.93. The SMILES string of the molecule is CC(C)(C)CCO.N. The number of aliphatic hydroxyl groups is 1. The summed E-state index contributed by atoms with van der Waals surface area (Å²) in [6.45, 7) is 6.65. The Morgan fingerprint density at radius 3 is 1.62 bits per heavy atom. The first kappa shape index (κ1) is 10.8. The van der Waals surface area contributed by atoms with Crippen LogP contribution in [-0.4, -0.2) is 11.7 Å². The molecule has 0 rings (SSSR count). The summed E-state index contributed by atoms with van der Waals surface area (Å²) in [4.78, 5) is 0. The van der Waals surface area contributed by atoms with Gasteiger partial charge in [-0.15, -0.1) is 0 Å². The van der Waals surface area contributed by atoms with Gasteiger partial charge in [0.1, 0.15) is 0 Å². The highest BCUT2D eigenvalue weighted by Gasteiger charge is 2.06. The molecular weight excluding hydrogens is 102 g/mol. The zero-order valence-electron chi connectivity index (χ0n) is 6.07. The Kier molecular flexibility index (Phi) is 5.23. The van der Waals surface area contributed by atoms with E-state index in [1.54, 1.807) is 0 Å². The van der Waals surface area contributed by atoms with Gasteiger partial charge in [-0.3, -0.25) is 0 Å². The van der Waals surface area contributed by atoms with Gasteiger partial charge in [0.05, 0.1) is 0 Å². The van der Waals surface area contributed by atoms with E-state index in [-0.39, 0.29) is 6.15 Å². The molecule has 2 heteroatoms. The van der Waals surface area contributed by atoms with Gasteiger partial charge in [-0.25, -0.2) is 0 Å². The van der Waals surface area contributed by atoms with Crippen LogP contribution >= 0.6 is 0 Å². The number of aliphatic hydroxyl groups excluding tert-OH is 1. The molecule has 0 amide bonds. The van der Waals surface area contributed by atoms with E-state index in [4.69, 9.17) is 5.11 Å². The van der Waals surface area contributed by atoms with Crippen LogP contribution in [0.4, 0.5) is 0 Å². The van der Waals surface area contributed by atoms with Crippen LogP contribution in [0.1, 0.15) is 27.2 Å². The monoisotopic (exact) mass is 119 g/mol. The highest BCUT2D eigenvalue weighted by molar-refractivity contribution is 4.58. The van der Waals surface area contributed by atoms with Crippen LogP contribution < -0.4 is 6.15 Å². The molecule has 0 heterocycles. The van der Waals surface area contributed by atoms with Crippen molar-refractivity contribution in [1.82, 2.24) is 6.15 Å². The predicted octanol–water partition coefficient (Wildman–Crippen LogP) is 1.58. The molecule has 4 N–H and O–H groups in total. The maximum Gasteiger partial charge on any atom is 0.0436 e. The van der Waals surface area contributed by atoms with E-state index in [1.807, 2.05) is 0 Å². The summed E-state index contributed by atoms with van der Waals surface area (Å²) in [5, 5.41) is 8.40. The van der Waals surface area contributed by atoms with Gasteiger partial charge in [-0.1, -0.05) is 20.8 Å². The fraction of sp³-hybridized carbons (Fsp3) is 1.00. The van der Waals surface area contributed by atoms with Crippen LogP contribution in [0.3, 0.4) is 0 Å². The van der Waals surface area contributed by atoms with Crippen LogP contribution in [0.5, 0.6) is 0 Å². The molecule has 0 aromatic carbocycles. The average Bonchev–Trinajstić information content (AvgIpc) is 1.30. The third-order valence-corrected chi connectivity index (χ3v) is 0.862. The molecule has 0 spiro atoms. The Morgan fingerprint density at radius 2 is 1.62 bits per heavy atom. The largest absolute Gasteiger partial charge is 0.396 e. The second-order valence-corrected chi connectivity index (χ2v) is 3.03. The lowest BCUT2D eigenvalue weighted by molar-refractivity contribution is 0.225. The van der Waals surface area contributed by atoms with Crippen molar-refractivity contribution < 1.29 is 5.11 Å². The van der Waals surface area contributed by atoms with Crippen molar-refractivity contribution >= 4 is 0 Å². The molecule has 0 saturated carbocycles. The molecule has 0 saturated heterocycles. The van der Waals surface area contributed by atoms with Crippen molar-refractivity contribution in [1.29, 1.82) is 0 Å². The van der Waals surface area contributed by atoms with E-state index >= 15 is 0 Å². The Hall–Kier alpha value is -0.0800. The summed E-state index contributed by atoms with van der Waals surface area (Å²) in [5.41, 5.74) is 0.300. The number of hydrogen-bond donors (Lipinski definition) is 2. The highest BCUT2D eigenvalue weighted by Crippen LogP contribution is 2.16. The maximum absolute atomic E-state index is 8.40. The van der Waals surface area contributed by atoms with Crippen molar-refractivity contribution in [3.63, 3.8) is 0 Å². The molecular formula is C6H17NO. The molecule has 0 radical (unpaired) electrons. The van der Waals surface area contributed by atoms with Crippen LogP contribution in [0.25, 0.3) is 0 Å². The molecule has 0 aliphatic carbocycles. The molecule has 0 atom stereocenters. The van der Waals surface area contributed by atoms with Gasteiger partial charge in [0.15, 0.2) is 0 Å². The number of rotatable bonds is 1. The first-order valence-electron chi connectivity index (χ1n) is 2.67. The van der Waals surface area contributed by atoms with Gasteiger partial charge in [0.2, 0.25) is 0 Å². The fourth-order valence-corrected chi connectivity index (χ4v) is 0.335. The van der Waals surface area contributed by atoms with Crippen LogP contribution in [0.2, 0.25) is 0 Å². The predicted molar refractivity (Wildman–Crippen MR) is 36.2 cm³/mol. The van der Waals surface area contributed by atoms with Gasteiger partial charge in [0, 0.05) is 6.61 Å². The third-order valence-electron chi connectivity index (χ3n) is 0.862. The summed E-state index contributed by atoms with van der Waals surface area (Å²) in [7, 11) is 0. The molecule has 0 aliphatic rings. The molecule has 0 aromatic rings. The fourth-order valence-electron chi connectivity index (χ4n) is 0.335. The van der Waals surface area contributed by atoms with Crippen LogP contribution in [0, 0.1) is 5.41 Å². The van der Waals surface area contributed by atoms with E-state index in [0.29, 0.717) is 12.0 Å². The highest BCUT2D eigenvalue weighted by atomic mass is 16.3. The van der Waals surface area contributed by atoms with Crippen molar-refractivity contribution in [2.24, 2.45) is 5.41 Å². The average molecular weight is 119 g/mol. The van der Waals surface area contributed by atoms with Gasteiger partial charge in [-0.2, -0.15) is 0 Å². The van der Waals surface area contributed by atoms with E-state index < -0.39 is 0 Å². The van der Waals surface area contributed by atoms with E-state index in [1.165, 1.54) is 0 Å². The second kappa shape index (κ2) is 3.87. The molecule has 8 heavy (non-hydrogen) atoms. The summed E-state index contributed by atoms with van der Waals surface area (Å²) in [6.07, 6.45) is 0.896. The Labute approximate surface area is 51.5 Å². The first-order valence-corrected chi connectivity index (χ1v) is 2.67. The summed E-state index contributed by atoms with van der Waals surface area (Å²) < 4.78 is 0. The second-order valence-electron chi connectivity index (χ2n) is 3.03. The maximum atomic E-state index is 8.40. The normalized spacial score (nSPS) is 10.5. The van der Waals surface area contributed by atoms with E-state index in [0.717, 1.165) is 6.42 Å². The third kappa shape index (κ3) is 9.33. The molecule has 0 aliphatic heterocycles. The molecule has 0 fully saturated rings. The van der Waals surface area contributed by atoms with Gasteiger partial charge >= 0.3 is 0 Å². The minimum Gasteiger partial charge on any atom is -0.396 e. The molecule has 52 valence electrons.